The van der Waals surface area contributed by atoms with Gasteiger partial charge in [0.25, 0.3) is 6.71 Å². The van der Waals surface area contributed by atoms with Gasteiger partial charge in [-0.05, 0) is 303 Å². The Balaban J connectivity index is 1.13. The summed E-state index contributed by atoms with van der Waals surface area (Å²) >= 11 is 0. The van der Waals surface area contributed by atoms with E-state index in [-0.39, 0.29) is 91.9 Å². The van der Waals surface area contributed by atoms with E-state index in [1.165, 1.54) is 0 Å². The van der Waals surface area contributed by atoms with Crippen molar-refractivity contribution in [2.75, 3.05) is 9.80 Å². The second-order valence-electron chi connectivity index (χ2n) is 47.5. The molecule has 0 bridgehead atoms. The minimum Gasteiger partial charge on any atom is -0.311 e. The lowest BCUT2D eigenvalue weighted by Crippen LogP contribution is -2.61. The molecule has 0 fully saturated rings. The monoisotopic (exact) mass is 1700 g/mol. The number of hydrogen-bond donors (Lipinski definition) is 0. The van der Waals surface area contributed by atoms with E-state index in [1.54, 1.807) is 0 Å². The van der Waals surface area contributed by atoms with Crippen molar-refractivity contribution in [2.24, 2.45) is 48.7 Å². The van der Waals surface area contributed by atoms with Crippen molar-refractivity contribution in [3.63, 3.8) is 0 Å². The predicted molar refractivity (Wildman–Crippen MR) is 559 cm³/mol. The first-order valence-electron chi connectivity index (χ1n) is 53.5. The van der Waals surface area contributed by atoms with Gasteiger partial charge in [0.1, 0.15) is 0 Å². The lowest BCUT2D eigenvalue weighted by Gasteiger charge is -2.46. The maximum atomic E-state index is 11.3. The molecule has 17 rings (SSSR count). The fourth-order valence-electron chi connectivity index (χ4n) is 20.1. The number of para-hydroxylation sites is 2. The van der Waals surface area contributed by atoms with E-state index in [4.69, 9.17) is 0 Å². The summed E-state index contributed by atoms with van der Waals surface area (Å²) in [7, 11) is 0. The van der Waals surface area contributed by atoms with Gasteiger partial charge in [-0.25, -0.2) is 0 Å². The van der Waals surface area contributed by atoms with E-state index >= 15 is 0 Å². The molecule has 13 aromatic carbocycles. The second kappa shape index (κ2) is 32.6. The molecule has 0 radical (unpaired) electrons. The Labute approximate surface area is 788 Å². The SMILES string of the molecule is [2H]c1c([2H])c([2H])c2c(c1[2H])c1cc(CC(C)(C)C)ccc1n2-c1ccc2c(c1)N(c1cc(-c3cccc(CC(C)(C)C)c3)c(C([2H])([2H])C(C)(C)C)cc1-c1cccc(CC(C)(C)C)c1)c1cc(C([2H])([2H])C(C)(C)C)cc3c1B2c1ccc(-n2c4ccc(CC(C)(C)C)cc4c4c([2H])c([2H])c([2H])c([2H])c42)cc1N3c1cc(-c2cccc(CC(C)(C)C)c2)c(C([2H])([2H])C(C)(C)C)cc1-c1cccc(CC(C)(C)C)c1. The Morgan fingerprint density at radius 1 is 0.250 bits per heavy atom. The van der Waals surface area contributed by atoms with Gasteiger partial charge in [0, 0.05) is 75.0 Å². The summed E-state index contributed by atoms with van der Waals surface area (Å²) < 4.78 is 149. The molecule has 0 N–H and O–H groups in total. The van der Waals surface area contributed by atoms with E-state index in [2.05, 4.69) is 341 Å². The fraction of sp³-hybridized carbons (Fsp3) is 0.366. The van der Waals surface area contributed by atoms with Gasteiger partial charge in [-0.15, -0.1) is 0 Å². The third-order valence-corrected chi connectivity index (χ3v) is 24.1. The molecule has 0 unspecified atom stereocenters. The van der Waals surface area contributed by atoms with Gasteiger partial charge >= 0.3 is 0 Å². The minimum atomic E-state index is -2.20. The molecule has 4 nitrogen and oxygen atoms in total. The number of aromatic nitrogens is 2. The van der Waals surface area contributed by atoms with E-state index in [9.17, 15) is 19.2 Å². The summed E-state index contributed by atoms with van der Waals surface area (Å²) in [5.41, 5.74) is 18.4. The van der Waals surface area contributed by atoms with Crippen molar-refractivity contribution in [3.05, 3.63) is 305 Å². The topological polar surface area (TPSA) is 16.3 Å². The van der Waals surface area contributed by atoms with Crippen molar-refractivity contribution in [1.82, 2.24) is 9.13 Å². The van der Waals surface area contributed by atoms with Crippen LogP contribution >= 0.6 is 0 Å². The van der Waals surface area contributed by atoms with E-state index < -0.39 is 42.1 Å². The molecule has 2 aliphatic rings. The van der Waals surface area contributed by atoms with Gasteiger partial charge in [-0.3, -0.25) is 0 Å². The summed E-state index contributed by atoms with van der Waals surface area (Å²) in [4.78, 5) is 4.62. The van der Waals surface area contributed by atoms with Crippen LogP contribution in [0.2, 0.25) is 0 Å². The molecule has 15 aromatic rings. The molecule has 0 saturated heterocycles. The Morgan fingerprint density at radius 3 is 0.883 bits per heavy atom. The Bertz CT molecular complexity index is 7200. The van der Waals surface area contributed by atoms with Gasteiger partial charge in [0.15, 0.2) is 0 Å². The van der Waals surface area contributed by atoms with E-state index in [1.807, 2.05) is 71.4 Å². The number of anilines is 6. The largest absolute Gasteiger partial charge is 0.311 e. The molecule has 0 amide bonds. The third kappa shape index (κ3) is 19.1. The zero-order chi connectivity index (χ0) is 104. The molecule has 0 spiro atoms. The van der Waals surface area contributed by atoms with Crippen molar-refractivity contribution >= 4 is 101 Å². The molecule has 0 atom stereocenters. The quantitative estimate of drug-likeness (QED) is 0.0845. The highest BCUT2D eigenvalue weighted by Crippen LogP contribution is 2.54. The number of benzene rings is 13. The minimum absolute atomic E-state index is 0.146. The lowest BCUT2D eigenvalue weighted by atomic mass is 9.33. The standard InChI is InChI=1S/C123H141BN4/c1-115(2,3)70-79-36-32-40-86(56-79)96-68-108(98(64-90(96)77-122(22,23)24)88-42-34-38-81(58-88)72-117(7,8)9)127-110-66-92(125-104-46-30-28-44-94(104)100-60-83(48-54-106(100)125)74-119(13,14)15)50-52-102(110)124-103-53-51-93(126-105-47-31-29-45-95(105)101-61-84(49-55-107(101)126)75-120(16,17)18)67-111(103)128(113-63-85(76-121(19,20)21)62-112(127)114(113)124)109-69-97(87-41-33-37-80(57-87)71-116(4,5)6)91(78-123(25,26)27)65-99(109)89-43-35-39-82(59-89)73-118(10,11)12/h28-69H,70-78H2,1-27H3/i28D,29D,30D,31D,44D,45D,46D,47D,76D2,77D2,78D2. The summed E-state index contributed by atoms with van der Waals surface area (Å²) in [6.45, 7) is 56.7. The Kier molecular flexibility index (Phi) is 18.6. The molecule has 0 saturated carbocycles. The van der Waals surface area contributed by atoms with Crippen LogP contribution in [0.15, 0.2) is 255 Å². The van der Waals surface area contributed by atoms with Gasteiger partial charge in [-0.1, -0.05) is 345 Å². The van der Waals surface area contributed by atoms with Crippen LogP contribution in [0.25, 0.3) is 99.5 Å². The Morgan fingerprint density at radius 2 is 0.562 bits per heavy atom. The van der Waals surface area contributed by atoms with Gasteiger partial charge in [0.2, 0.25) is 0 Å². The van der Waals surface area contributed by atoms with Crippen LogP contribution in [0.5, 0.6) is 0 Å². The number of nitrogens with zero attached hydrogens (tertiary/aromatic N) is 4. The highest BCUT2D eigenvalue weighted by molar-refractivity contribution is 7.00. The predicted octanol–water partition coefficient (Wildman–Crippen LogP) is 32.9. The molecular formula is C123H141BN4. The number of fused-ring (bicyclic) bond motifs is 10. The highest BCUT2D eigenvalue weighted by Gasteiger charge is 2.46. The summed E-state index contributed by atoms with van der Waals surface area (Å²) in [6, 6.07) is 70.2. The van der Waals surface area contributed by atoms with Crippen LogP contribution in [0.4, 0.5) is 34.1 Å². The van der Waals surface area contributed by atoms with Crippen molar-refractivity contribution in [1.29, 1.82) is 0 Å². The Hall–Kier alpha value is -10.9. The summed E-state index contributed by atoms with van der Waals surface area (Å²) in [5.74, 6) is 0. The van der Waals surface area contributed by atoms with Crippen molar-refractivity contribution < 1.29 is 19.2 Å². The highest BCUT2D eigenvalue weighted by atomic mass is 15.2. The van der Waals surface area contributed by atoms with Gasteiger partial charge in [-0.2, -0.15) is 0 Å². The smallest absolute Gasteiger partial charge is 0.252 e. The van der Waals surface area contributed by atoms with Gasteiger partial charge in [0.05, 0.1) is 44.4 Å². The third-order valence-electron chi connectivity index (χ3n) is 24.1. The molecular weight excluding hydrogens is 1540 g/mol. The van der Waals surface area contributed by atoms with Crippen LogP contribution in [0, 0.1) is 48.7 Å². The number of rotatable bonds is 17. The maximum absolute atomic E-state index is 11.3. The zero-order valence-corrected chi connectivity index (χ0v) is 81.2. The van der Waals surface area contributed by atoms with Crippen LogP contribution in [0.3, 0.4) is 0 Å². The second-order valence-corrected chi connectivity index (χ2v) is 47.5. The maximum Gasteiger partial charge on any atom is 0.252 e. The zero-order valence-electron chi connectivity index (χ0n) is 95.2. The lowest BCUT2D eigenvalue weighted by molar-refractivity contribution is 0.410. The average molecular weight is 1700 g/mol. The van der Waals surface area contributed by atoms with E-state index in [0.29, 0.717) is 156 Å². The molecule has 128 heavy (non-hydrogen) atoms. The molecule has 4 heterocycles. The normalized spacial score (nSPS) is 15.6. The summed E-state index contributed by atoms with van der Waals surface area (Å²) in [5, 5.41) is 2.07. The molecule has 2 aliphatic heterocycles. The fourth-order valence-corrected chi connectivity index (χ4v) is 20.1. The van der Waals surface area contributed by atoms with Crippen LogP contribution in [-0.4, -0.2) is 15.8 Å². The average Bonchev–Trinajstić information content (AvgIpc) is 0.854. The van der Waals surface area contributed by atoms with Crippen LogP contribution in [0.1, 0.15) is 256 Å². The molecule has 656 valence electrons. The van der Waals surface area contributed by atoms with Crippen LogP contribution in [-0.2, 0) is 57.6 Å². The number of hydrogen-bond acceptors (Lipinski definition) is 2. The summed E-state index contributed by atoms with van der Waals surface area (Å²) in [6.07, 6.45) is -2.07. The first-order chi connectivity index (χ1) is 65.6. The van der Waals surface area contributed by atoms with Gasteiger partial charge < -0.3 is 18.9 Å². The van der Waals surface area contributed by atoms with Crippen LogP contribution < -0.4 is 26.2 Å². The first-order valence-corrected chi connectivity index (χ1v) is 46.5. The molecule has 2 aromatic heterocycles. The van der Waals surface area contributed by atoms with Crippen molar-refractivity contribution in [3.8, 4) is 55.9 Å². The first kappa shape index (κ1) is 73.0. The van der Waals surface area contributed by atoms with E-state index in [0.717, 1.165) is 72.0 Å². The molecule has 5 heteroatoms. The molecule has 0 aliphatic carbocycles. The van der Waals surface area contributed by atoms with Crippen molar-refractivity contribution in [2.45, 2.75) is 245 Å².